The van der Waals surface area contributed by atoms with Crippen molar-refractivity contribution < 1.29 is 9.47 Å². The molecule has 0 bridgehead atoms. The minimum Gasteiger partial charge on any atom is -0.380 e. The maximum Gasteiger partial charge on any atom is 0.191 e. The minimum absolute atomic E-state index is 0.306. The lowest BCUT2D eigenvalue weighted by atomic mass is 10.0. The van der Waals surface area contributed by atoms with Crippen molar-refractivity contribution in [3.8, 4) is 0 Å². The normalized spacial score (nSPS) is 17.5. The van der Waals surface area contributed by atoms with E-state index in [9.17, 15) is 0 Å². The smallest absolute Gasteiger partial charge is 0.191 e. The van der Waals surface area contributed by atoms with Crippen LogP contribution in [0.2, 0.25) is 0 Å². The van der Waals surface area contributed by atoms with Crippen LogP contribution in [0.4, 0.5) is 0 Å². The Morgan fingerprint density at radius 1 is 1.25 bits per heavy atom. The van der Waals surface area contributed by atoms with Crippen molar-refractivity contribution in [3.05, 3.63) is 35.9 Å². The number of rotatable bonds is 8. The molecule has 2 rings (SSSR count). The lowest BCUT2D eigenvalue weighted by Crippen LogP contribution is -2.46. The van der Waals surface area contributed by atoms with Gasteiger partial charge in [-0.3, -0.25) is 9.89 Å². The molecule has 1 aromatic carbocycles. The standard InChI is InChI=1S/C18H30N4O2/c1-3-23-12-9-20-18(19-2)21-15-17(16-7-5-4-6-8-16)22-10-13-24-14-11-22/h4-8,17H,3,9-15H2,1-2H3,(H2,19,20,21). The lowest BCUT2D eigenvalue weighted by Gasteiger charge is -2.35. The van der Waals surface area contributed by atoms with Gasteiger partial charge in [0.15, 0.2) is 5.96 Å². The van der Waals surface area contributed by atoms with Gasteiger partial charge in [0.2, 0.25) is 0 Å². The van der Waals surface area contributed by atoms with Crippen LogP contribution in [0, 0.1) is 0 Å². The highest BCUT2D eigenvalue weighted by Crippen LogP contribution is 2.20. The number of morpholine rings is 1. The van der Waals surface area contributed by atoms with Gasteiger partial charge in [0.25, 0.3) is 0 Å². The van der Waals surface area contributed by atoms with Crippen molar-refractivity contribution in [1.29, 1.82) is 0 Å². The van der Waals surface area contributed by atoms with Gasteiger partial charge in [0, 0.05) is 39.8 Å². The molecule has 1 saturated heterocycles. The topological polar surface area (TPSA) is 58.1 Å². The number of benzene rings is 1. The van der Waals surface area contributed by atoms with E-state index in [0.29, 0.717) is 12.6 Å². The van der Waals surface area contributed by atoms with Gasteiger partial charge in [0.1, 0.15) is 0 Å². The highest BCUT2D eigenvalue weighted by Gasteiger charge is 2.22. The Balaban J connectivity index is 1.92. The summed E-state index contributed by atoms with van der Waals surface area (Å²) in [5.74, 6) is 0.809. The number of nitrogens with one attached hydrogen (secondary N) is 2. The van der Waals surface area contributed by atoms with Gasteiger partial charge >= 0.3 is 0 Å². The van der Waals surface area contributed by atoms with E-state index in [1.165, 1.54) is 5.56 Å². The van der Waals surface area contributed by atoms with Crippen molar-refractivity contribution in [2.75, 3.05) is 59.7 Å². The summed E-state index contributed by atoms with van der Waals surface area (Å²) in [5.41, 5.74) is 1.32. The highest BCUT2D eigenvalue weighted by molar-refractivity contribution is 5.79. The fourth-order valence-electron chi connectivity index (χ4n) is 2.82. The molecule has 1 atom stereocenters. The second-order valence-corrected chi connectivity index (χ2v) is 5.65. The molecule has 0 aliphatic carbocycles. The summed E-state index contributed by atoms with van der Waals surface area (Å²) < 4.78 is 10.8. The first-order valence-electron chi connectivity index (χ1n) is 8.74. The number of ether oxygens (including phenoxy) is 2. The number of aliphatic imine (C=N–C) groups is 1. The SMILES string of the molecule is CCOCCNC(=NC)NCC(c1ccccc1)N1CCOCC1. The van der Waals surface area contributed by atoms with Gasteiger partial charge in [0.05, 0.1) is 25.9 Å². The van der Waals surface area contributed by atoms with Crippen LogP contribution >= 0.6 is 0 Å². The first kappa shape index (κ1) is 18.7. The summed E-state index contributed by atoms with van der Waals surface area (Å²) in [5, 5.41) is 6.73. The van der Waals surface area contributed by atoms with E-state index in [0.717, 1.165) is 52.0 Å². The third-order valence-electron chi connectivity index (χ3n) is 4.10. The second kappa shape index (κ2) is 11.0. The molecule has 1 unspecified atom stereocenters. The Kier molecular flexibility index (Phi) is 8.59. The van der Waals surface area contributed by atoms with Crippen LogP contribution in [-0.4, -0.2) is 70.5 Å². The van der Waals surface area contributed by atoms with Crippen LogP contribution in [0.25, 0.3) is 0 Å². The van der Waals surface area contributed by atoms with Crippen molar-refractivity contribution in [1.82, 2.24) is 15.5 Å². The van der Waals surface area contributed by atoms with Gasteiger partial charge in [-0.2, -0.15) is 0 Å². The molecule has 1 aromatic rings. The molecular formula is C18H30N4O2. The molecule has 24 heavy (non-hydrogen) atoms. The van der Waals surface area contributed by atoms with Crippen LogP contribution in [0.3, 0.4) is 0 Å². The molecule has 0 amide bonds. The Morgan fingerprint density at radius 3 is 2.67 bits per heavy atom. The summed E-state index contributed by atoms with van der Waals surface area (Å²) in [6.45, 7) is 8.48. The maximum atomic E-state index is 5.50. The molecule has 0 radical (unpaired) electrons. The average Bonchev–Trinajstić information content (AvgIpc) is 2.65. The molecule has 0 aromatic heterocycles. The molecular weight excluding hydrogens is 304 g/mol. The summed E-state index contributed by atoms with van der Waals surface area (Å²) in [6, 6.07) is 10.9. The van der Waals surface area contributed by atoms with Gasteiger partial charge in [-0.1, -0.05) is 30.3 Å². The molecule has 134 valence electrons. The molecule has 2 N–H and O–H groups in total. The first-order valence-corrected chi connectivity index (χ1v) is 8.74. The second-order valence-electron chi connectivity index (χ2n) is 5.65. The number of nitrogens with zero attached hydrogens (tertiary/aromatic N) is 2. The van der Waals surface area contributed by atoms with Crippen LogP contribution in [0.1, 0.15) is 18.5 Å². The van der Waals surface area contributed by atoms with Gasteiger partial charge in [-0.05, 0) is 12.5 Å². The van der Waals surface area contributed by atoms with Gasteiger partial charge < -0.3 is 20.1 Å². The van der Waals surface area contributed by atoms with Crippen LogP contribution in [0.15, 0.2) is 35.3 Å². The van der Waals surface area contributed by atoms with Crippen molar-refractivity contribution >= 4 is 5.96 Å². The average molecular weight is 334 g/mol. The quantitative estimate of drug-likeness (QED) is 0.426. The fraction of sp³-hybridized carbons (Fsp3) is 0.611. The highest BCUT2D eigenvalue weighted by atomic mass is 16.5. The molecule has 1 aliphatic heterocycles. The number of guanidine groups is 1. The minimum atomic E-state index is 0.306. The van der Waals surface area contributed by atoms with E-state index in [-0.39, 0.29) is 0 Å². The van der Waals surface area contributed by atoms with Crippen LogP contribution in [-0.2, 0) is 9.47 Å². The molecule has 1 aliphatic rings. The number of hydrogen-bond donors (Lipinski definition) is 2. The molecule has 1 fully saturated rings. The van der Waals surface area contributed by atoms with Gasteiger partial charge in [-0.15, -0.1) is 0 Å². The Hall–Kier alpha value is -1.63. The Morgan fingerprint density at radius 2 is 2.00 bits per heavy atom. The zero-order valence-corrected chi connectivity index (χ0v) is 14.8. The zero-order chi connectivity index (χ0) is 17.0. The molecule has 0 spiro atoms. The third kappa shape index (κ3) is 6.11. The molecule has 0 saturated carbocycles. The van der Waals surface area contributed by atoms with E-state index >= 15 is 0 Å². The monoisotopic (exact) mass is 334 g/mol. The zero-order valence-electron chi connectivity index (χ0n) is 14.8. The van der Waals surface area contributed by atoms with E-state index in [2.05, 4.69) is 50.9 Å². The predicted molar refractivity (Wildman–Crippen MR) is 97.4 cm³/mol. The van der Waals surface area contributed by atoms with E-state index < -0.39 is 0 Å². The number of hydrogen-bond acceptors (Lipinski definition) is 4. The largest absolute Gasteiger partial charge is 0.380 e. The summed E-state index contributed by atoms with van der Waals surface area (Å²) in [4.78, 5) is 6.76. The van der Waals surface area contributed by atoms with E-state index in [1.54, 1.807) is 7.05 Å². The van der Waals surface area contributed by atoms with Crippen molar-refractivity contribution in [2.24, 2.45) is 4.99 Å². The maximum absolute atomic E-state index is 5.50. The molecule has 6 nitrogen and oxygen atoms in total. The lowest BCUT2D eigenvalue weighted by molar-refractivity contribution is 0.0170. The van der Waals surface area contributed by atoms with Crippen molar-refractivity contribution in [3.63, 3.8) is 0 Å². The Bertz CT molecular complexity index is 475. The van der Waals surface area contributed by atoms with Crippen molar-refractivity contribution in [2.45, 2.75) is 13.0 Å². The molecule has 1 heterocycles. The van der Waals surface area contributed by atoms with Gasteiger partial charge in [-0.25, -0.2) is 0 Å². The third-order valence-corrected chi connectivity index (χ3v) is 4.10. The van der Waals surface area contributed by atoms with E-state index in [4.69, 9.17) is 9.47 Å². The summed E-state index contributed by atoms with van der Waals surface area (Å²) in [7, 11) is 1.79. The van der Waals surface area contributed by atoms with Crippen LogP contribution in [0.5, 0.6) is 0 Å². The summed E-state index contributed by atoms with van der Waals surface area (Å²) >= 11 is 0. The first-order chi connectivity index (χ1) is 11.8. The predicted octanol–water partition coefficient (Wildman–Crippen LogP) is 1.26. The van der Waals surface area contributed by atoms with E-state index in [1.807, 2.05) is 6.92 Å². The summed E-state index contributed by atoms with van der Waals surface area (Å²) in [6.07, 6.45) is 0. The van der Waals surface area contributed by atoms with Crippen LogP contribution < -0.4 is 10.6 Å². The fourth-order valence-corrected chi connectivity index (χ4v) is 2.82. The Labute approximate surface area is 145 Å². The molecule has 6 heteroatoms.